The lowest BCUT2D eigenvalue weighted by Crippen LogP contribution is -2.24. The predicted molar refractivity (Wildman–Crippen MR) is 44.8 cm³/mol. The lowest BCUT2D eigenvalue weighted by atomic mass is 9.81. The fourth-order valence-electron chi connectivity index (χ4n) is 0.906. The fourth-order valence-corrected chi connectivity index (χ4v) is 1.70. The summed E-state index contributed by atoms with van der Waals surface area (Å²) < 4.78 is 0. The van der Waals surface area contributed by atoms with Gasteiger partial charge in [-0.15, -0.1) is 0 Å². The third kappa shape index (κ3) is 0.897. The van der Waals surface area contributed by atoms with E-state index >= 15 is 0 Å². The molecule has 0 nitrogen and oxygen atoms in total. The van der Waals surface area contributed by atoms with E-state index in [0.717, 1.165) is 0 Å². The topological polar surface area (TPSA) is 0 Å². The van der Waals surface area contributed by atoms with Crippen LogP contribution in [-0.2, 0) is 0 Å². The van der Waals surface area contributed by atoms with Crippen molar-refractivity contribution in [2.24, 2.45) is 0 Å². The van der Waals surface area contributed by atoms with E-state index in [4.69, 9.17) is 0 Å². The number of hydrogen-bond donors (Lipinski definition) is 0. The number of rotatable bonds is 0. The van der Waals surface area contributed by atoms with E-state index in [1.165, 1.54) is 10.9 Å². The molecule has 0 amide bonds. The van der Waals surface area contributed by atoms with Crippen LogP contribution in [-0.4, -0.2) is 13.1 Å². The van der Waals surface area contributed by atoms with Gasteiger partial charge in [0.25, 0.3) is 0 Å². The smallest absolute Gasteiger partial charge is 0.214 e. The largest absolute Gasteiger partial charge is 0.255 e. The van der Waals surface area contributed by atoms with E-state index in [-0.39, 0.29) is 0 Å². The summed E-state index contributed by atoms with van der Waals surface area (Å²) in [5, 5.41) is 0. The Morgan fingerprint density at radius 1 is 1.00 bits per heavy atom. The molecule has 0 atom stereocenters. The maximum Gasteiger partial charge on any atom is 0.214 e. The molecule has 0 fully saturated rings. The first-order valence-corrected chi connectivity index (χ1v) is 3.82. The second-order valence-corrected chi connectivity index (χ2v) is 2.74. The predicted octanol–water partition coefficient (Wildman–Crippen LogP) is -0.0776. The Kier molecular flexibility index (Phi) is 1.31. The molecule has 1 heterocycles. The van der Waals surface area contributed by atoms with Crippen LogP contribution in [0, 0.1) is 0 Å². The van der Waals surface area contributed by atoms with Crippen molar-refractivity contribution in [1.82, 2.24) is 0 Å². The summed E-state index contributed by atoms with van der Waals surface area (Å²) in [5.41, 5.74) is 2.70. The van der Waals surface area contributed by atoms with Crippen molar-refractivity contribution in [3.63, 3.8) is 0 Å². The van der Waals surface area contributed by atoms with Gasteiger partial charge in [0.2, 0.25) is 13.1 Å². The van der Waals surface area contributed by atoms with Crippen molar-refractivity contribution in [2.45, 2.75) is 0 Å². The Morgan fingerprint density at radius 2 is 1.56 bits per heavy atom. The third-order valence-electron chi connectivity index (χ3n) is 1.39. The lowest BCUT2D eigenvalue weighted by Gasteiger charge is -1.92. The first kappa shape index (κ1) is 5.48. The van der Waals surface area contributed by atoms with Gasteiger partial charge in [-0.25, -0.2) is 0 Å². The molecule has 1 aliphatic rings. The Labute approximate surface area is 60.3 Å². The Balaban J connectivity index is 2.54. The highest BCUT2D eigenvalue weighted by molar-refractivity contribution is 8.43. The average Bonchev–Trinajstić information content (AvgIpc) is 2.33. The molecule has 0 N–H and O–H groups in total. The quantitative estimate of drug-likeness (QED) is 0.442. The van der Waals surface area contributed by atoms with Crippen molar-refractivity contribution >= 4 is 35.5 Å². The van der Waals surface area contributed by atoms with Crippen LogP contribution in [0.5, 0.6) is 0 Å². The van der Waals surface area contributed by atoms with Gasteiger partial charge in [-0.05, 0) is 0 Å². The zero-order chi connectivity index (χ0) is 6.10. The molecule has 3 heteroatoms. The molecular weight excluding hydrogens is 126 g/mol. The second-order valence-electron chi connectivity index (χ2n) is 2.00. The van der Waals surface area contributed by atoms with Gasteiger partial charge in [0, 0.05) is 0 Å². The monoisotopic (exact) mass is 130 g/mol. The van der Waals surface area contributed by atoms with E-state index < -0.39 is 0 Å². The van der Waals surface area contributed by atoms with Crippen LogP contribution in [0.4, 0.5) is 0 Å². The SMILES string of the molecule is [B]1S[B]c2ccccc21. The maximum absolute atomic E-state index is 2.16. The van der Waals surface area contributed by atoms with E-state index in [2.05, 4.69) is 37.4 Å². The molecule has 1 aromatic carbocycles. The molecule has 0 saturated heterocycles. The van der Waals surface area contributed by atoms with Gasteiger partial charge in [0.05, 0.1) is 0 Å². The molecule has 1 aliphatic heterocycles. The standard InChI is InChI=1S/C6H4B2S/c1-2-4-6-5(3-1)7-9-8-6/h1-4H. The van der Waals surface area contributed by atoms with Gasteiger partial charge in [0.15, 0.2) is 0 Å². The van der Waals surface area contributed by atoms with Gasteiger partial charge in [-0.1, -0.05) is 35.2 Å². The van der Waals surface area contributed by atoms with Gasteiger partial charge in [0.1, 0.15) is 0 Å². The van der Waals surface area contributed by atoms with Crippen molar-refractivity contribution in [3.05, 3.63) is 24.3 Å². The molecule has 0 bridgehead atoms. The molecule has 0 aliphatic carbocycles. The number of hydrogen-bond acceptors (Lipinski definition) is 1. The fraction of sp³-hybridized carbons (Fsp3) is 0. The van der Waals surface area contributed by atoms with Crippen LogP contribution >= 0.6 is 11.5 Å². The minimum Gasteiger partial charge on any atom is -0.255 e. The highest BCUT2D eigenvalue weighted by Gasteiger charge is 2.10. The normalized spacial score (nSPS) is 13.8. The van der Waals surface area contributed by atoms with Crippen molar-refractivity contribution < 1.29 is 0 Å². The first-order chi connectivity index (χ1) is 4.47. The minimum atomic E-state index is 1.35. The first-order valence-electron chi connectivity index (χ1n) is 2.88. The highest BCUT2D eigenvalue weighted by atomic mass is 32.2. The highest BCUT2D eigenvalue weighted by Crippen LogP contribution is 1.99. The Bertz CT molecular complexity index is 201. The number of benzene rings is 1. The van der Waals surface area contributed by atoms with E-state index in [9.17, 15) is 0 Å². The molecule has 1 aromatic rings. The zero-order valence-electron chi connectivity index (χ0n) is 4.87. The molecule has 0 spiro atoms. The van der Waals surface area contributed by atoms with Crippen LogP contribution in [0.3, 0.4) is 0 Å². The van der Waals surface area contributed by atoms with Gasteiger partial charge in [-0.2, -0.15) is 0 Å². The molecular formula is C6H4B2S. The average molecular weight is 130 g/mol. The summed E-state index contributed by atoms with van der Waals surface area (Å²) in [6, 6.07) is 8.39. The molecule has 2 radical (unpaired) electrons. The molecule has 0 saturated carbocycles. The van der Waals surface area contributed by atoms with Crippen LogP contribution in [0.15, 0.2) is 24.3 Å². The van der Waals surface area contributed by atoms with Crippen LogP contribution < -0.4 is 10.9 Å². The molecule has 0 unspecified atom stereocenters. The van der Waals surface area contributed by atoms with Crippen molar-refractivity contribution in [3.8, 4) is 0 Å². The van der Waals surface area contributed by atoms with Gasteiger partial charge >= 0.3 is 0 Å². The maximum atomic E-state index is 2.16. The van der Waals surface area contributed by atoms with Gasteiger partial charge < -0.3 is 0 Å². The van der Waals surface area contributed by atoms with E-state index in [1.807, 2.05) is 0 Å². The Morgan fingerprint density at radius 3 is 2.11 bits per heavy atom. The minimum absolute atomic E-state index is 1.35. The lowest BCUT2D eigenvalue weighted by molar-refractivity contribution is 1.83. The number of fused-ring (bicyclic) bond motifs is 1. The van der Waals surface area contributed by atoms with E-state index in [1.54, 1.807) is 11.5 Å². The molecule has 2 rings (SSSR count). The summed E-state index contributed by atoms with van der Waals surface area (Å²) in [6.45, 7) is 4.32. The van der Waals surface area contributed by atoms with Gasteiger partial charge in [-0.3, -0.25) is 11.5 Å². The van der Waals surface area contributed by atoms with Crippen molar-refractivity contribution in [1.29, 1.82) is 0 Å². The molecule has 40 valence electrons. The van der Waals surface area contributed by atoms with Crippen LogP contribution in [0.2, 0.25) is 0 Å². The summed E-state index contributed by atoms with van der Waals surface area (Å²) in [5.74, 6) is 0. The Hall–Kier alpha value is -0.300. The second kappa shape index (κ2) is 2.14. The van der Waals surface area contributed by atoms with Crippen LogP contribution in [0.1, 0.15) is 0 Å². The van der Waals surface area contributed by atoms with Crippen LogP contribution in [0.25, 0.3) is 0 Å². The molecule has 9 heavy (non-hydrogen) atoms. The van der Waals surface area contributed by atoms with E-state index in [0.29, 0.717) is 0 Å². The summed E-state index contributed by atoms with van der Waals surface area (Å²) in [4.78, 5) is 0. The van der Waals surface area contributed by atoms with Crippen molar-refractivity contribution in [2.75, 3.05) is 0 Å². The summed E-state index contributed by atoms with van der Waals surface area (Å²) in [6.07, 6.45) is 0. The summed E-state index contributed by atoms with van der Waals surface area (Å²) in [7, 11) is 0. The molecule has 0 aromatic heterocycles. The third-order valence-corrected chi connectivity index (χ3v) is 2.17. The summed E-state index contributed by atoms with van der Waals surface area (Å²) >= 11 is 1.75. The zero-order valence-corrected chi connectivity index (χ0v) is 5.69.